The molecule has 0 saturated heterocycles. The molecule has 0 aliphatic carbocycles. The first-order valence-corrected chi connectivity index (χ1v) is 15.3. The van der Waals surface area contributed by atoms with E-state index >= 15 is 0 Å². The normalized spacial score (nSPS) is 11.4. The fraction of sp³-hybridized carbons (Fsp3) is 0.107. The molecule has 0 radical (unpaired) electrons. The van der Waals surface area contributed by atoms with Gasteiger partial charge in [-0.1, -0.05) is 41.9 Å². The Morgan fingerprint density at radius 2 is 1.46 bits per heavy atom. The third kappa shape index (κ3) is 6.91. The molecule has 0 fully saturated rings. The van der Waals surface area contributed by atoms with Crippen LogP contribution in [0.4, 0.5) is 17.1 Å². The zero-order chi connectivity index (χ0) is 29.6. The Morgan fingerprint density at radius 1 is 0.805 bits per heavy atom. The molecule has 0 bridgehead atoms. The van der Waals surface area contributed by atoms with Crippen molar-refractivity contribution in [2.45, 2.75) is 9.79 Å². The highest BCUT2D eigenvalue weighted by atomic mass is 35.5. The van der Waals surface area contributed by atoms with Crippen LogP contribution in [-0.4, -0.2) is 43.5 Å². The van der Waals surface area contributed by atoms with Crippen molar-refractivity contribution in [3.63, 3.8) is 0 Å². The van der Waals surface area contributed by atoms with Gasteiger partial charge in [-0.3, -0.25) is 13.8 Å². The molecule has 0 unspecified atom stereocenters. The Bertz CT molecular complexity index is 1750. The maximum Gasteiger partial charge on any atom is 0.264 e. The van der Waals surface area contributed by atoms with Gasteiger partial charge < -0.3 is 14.8 Å². The van der Waals surface area contributed by atoms with E-state index in [0.717, 1.165) is 4.31 Å². The lowest BCUT2D eigenvalue weighted by atomic mass is 10.3. The number of sulfonamides is 2. The number of hydrogen-bond acceptors (Lipinski definition) is 7. The Hall–Kier alpha value is -4.26. The molecule has 4 aromatic carbocycles. The first-order valence-electron chi connectivity index (χ1n) is 12.0. The van der Waals surface area contributed by atoms with Crippen molar-refractivity contribution < 1.29 is 31.1 Å². The summed E-state index contributed by atoms with van der Waals surface area (Å²) in [5, 5.41) is 2.75. The van der Waals surface area contributed by atoms with Crippen molar-refractivity contribution in [3.8, 4) is 11.5 Å². The Labute approximate surface area is 243 Å². The number of nitrogens with one attached hydrogen (secondary N) is 2. The summed E-state index contributed by atoms with van der Waals surface area (Å²) in [6.45, 7) is -0.585. The van der Waals surface area contributed by atoms with Gasteiger partial charge in [0.15, 0.2) is 0 Å². The van der Waals surface area contributed by atoms with Crippen LogP contribution in [0.1, 0.15) is 0 Å². The average molecular weight is 616 g/mol. The molecule has 0 aliphatic heterocycles. The van der Waals surface area contributed by atoms with Gasteiger partial charge >= 0.3 is 0 Å². The summed E-state index contributed by atoms with van der Waals surface area (Å²) in [5.74, 6) is 0.0627. The van der Waals surface area contributed by atoms with E-state index in [1.807, 2.05) is 0 Å². The zero-order valence-electron chi connectivity index (χ0n) is 21.9. The molecule has 0 aromatic heterocycles. The third-order valence-electron chi connectivity index (χ3n) is 5.84. The smallest absolute Gasteiger partial charge is 0.264 e. The molecule has 2 N–H and O–H groups in total. The monoisotopic (exact) mass is 615 g/mol. The van der Waals surface area contributed by atoms with E-state index in [-0.39, 0.29) is 31.9 Å². The van der Waals surface area contributed by atoms with Gasteiger partial charge in [0, 0.05) is 11.8 Å². The van der Waals surface area contributed by atoms with Crippen LogP contribution in [0.25, 0.3) is 0 Å². The largest absolute Gasteiger partial charge is 0.497 e. The number of ether oxygens (including phenoxy) is 2. The summed E-state index contributed by atoms with van der Waals surface area (Å²) < 4.78 is 66.7. The highest BCUT2D eigenvalue weighted by Crippen LogP contribution is 2.32. The van der Waals surface area contributed by atoms with E-state index in [0.29, 0.717) is 11.5 Å². The fourth-order valence-corrected chi connectivity index (χ4v) is 6.63. The lowest BCUT2D eigenvalue weighted by Crippen LogP contribution is -2.38. The van der Waals surface area contributed by atoms with Gasteiger partial charge in [0.25, 0.3) is 20.0 Å². The van der Waals surface area contributed by atoms with E-state index in [2.05, 4.69) is 10.0 Å². The number of benzene rings is 4. The van der Waals surface area contributed by atoms with Crippen molar-refractivity contribution in [2.24, 2.45) is 0 Å². The number of rotatable bonds is 11. The van der Waals surface area contributed by atoms with Gasteiger partial charge in [-0.15, -0.1) is 0 Å². The van der Waals surface area contributed by atoms with Crippen LogP contribution >= 0.6 is 11.6 Å². The first kappa shape index (κ1) is 29.7. The summed E-state index contributed by atoms with van der Waals surface area (Å²) in [6.07, 6.45) is 0. The summed E-state index contributed by atoms with van der Waals surface area (Å²) in [6, 6.07) is 24.0. The van der Waals surface area contributed by atoms with E-state index in [4.69, 9.17) is 21.1 Å². The summed E-state index contributed by atoms with van der Waals surface area (Å²) in [5.41, 5.74) is 0.571. The second kappa shape index (κ2) is 12.5. The van der Waals surface area contributed by atoms with Gasteiger partial charge in [-0.2, -0.15) is 0 Å². The van der Waals surface area contributed by atoms with Crippen molar-refractivity contribution in [3.05, 3.63) is 102 Å². The van der Waals surface area contributed by atoms with Crippen LogP contribution in [-0.2, 0) is 24.8 Å². The van der Waals surface area contributed by atoms with Crippen LogP contribution in [0.3, 0.4) is 0 Å². The van der Waals surface area contributed by atoms with Gasteiger partial charge in [-0.25, -0.2) is 16.8 Å². The Kier molecular flexibility index (Phi) is 9.06. The fourth-order valence-electron chi connectivity index (χ4n) is 3.82. The predicted molar refractivity (Wildman–Crippen MR) is 158 cm³/mol. The molecule has 13 heteroatoms. The third-order valence-corrected chi connectivity index (χ3v) is 9.31. The minimum absolute atomic E-state index is 0.0116. The number of carbonyl (C=O) groups is 1. The van der Waals surface area contributed by atoms with Gasteiger partial charge in [0.05, 0.1) is 40.4 Å². The topological polar surface area (TPSA) is 131 Å². The molecule has 10 nitrogen and oxygen atoms in total. The number of methoxy groups -OCH3 is 2. The molecule has 4 aromatic rings. The van der Waals surface area contributed by atoms with Gasteiger partial charge in [0.1, 0.15) is 18.0 Å². The number of para-hydroxylation sites is 1. The van der Waals surface area contributed by atoms with E-state index < -0.39 is 32.5 Å². The minimum Gasteiger partial charge on any atom is -0.497 e. The number of amides is 1. The Morgan fingerprint density at radius 3 is 2.10 bits per heavy atom. The average Bonchev–Trinajstić information content (AvgIpc) is 2.97. The van der Waals surface area contributed by atoms with E-state index in [9.17, 15) is 21.6 Å². The summed E-state index contributed by atoms with van der Waals surface area (Å²) in [7, 11) is -5.31. The zero-order valence-corrected chi connectivity index (χ0v) is 24.3. The number of anilines is 3. The SMILES string of the molecule is COc1ccc(OC)c(NS(=O)(=O)c2ccc(NC(=O)CN(c3ccccc3Cl)S(=O)(=O)c3ccccc3)cc2)c1. The standard InChI is InChI=1S/C28H26ClN3O7S2/c1-38-21-14-17-27(39-2)25(18-21)31-40(34,35)22-15-12-20(13-16-22)30-28(33)19-32(26-11-7-6-10-24(26)29)41(36,37)23-8-4-3-5-9-23/h3-18,31H,19H2,1-2H3,(H,30,33). The van der Waals surface area contributed by atoms with Crippen molar-refractivity contribution in [1.29, 1.82) is 0 Å². The van der Waals surface area contributed by atoms with Gasteiger partial charge in [0.2, 0.25) is 5.91 Å². The molecule has 41 heavy (non-hydrogen) atoms. The molecule has 0 atom stereocenters. The van der Waals surface area contributed by atoms with Gasteiger partial charge in [-0.05, 0) is 60.7 Å². The van der Waals surface area contributed by atoms with Crippen molar-refractivity contribution >= 4 is 54.6 Å². The quantitative estimate of drug-likeness (QED) is 0.243. The highest BCUT2D eigenvalue weighted by Gasteiger charge is 2.28. The van der Waals surface area contributed by atoms with E-state index in [1.165, 1.54) is 68.8 Å². The second-order valence-corrected chi connectivity index (χ2v) is 12.5. The molecule has 0 aliphatic rings. The molecule has 0 heterocycles. The van der Waals surface area contributed by atoms with Crippen LogP contribution in [0.5, 0.6) is 11.5 Å². The maximum atomic E-state index is 13.5. The molecule has 214 valence electrons. The molecule has 0 saturated carbocycles. The maximum absolute atomic E-state index is 13.5. The molecule has 1 amide bonds. The van der Waals surface area contributed by atoms with Crippen LogP contribution in [0.2, 0.25) is 5.02 Å². The van der Waals surface area contributed by atoms with E-state index in [1.54, 1.807) is 42.5 Å². The summed E-state index contributed by atoms with van der Waals surface area (Å²) in [4.78, 5) is 12.9. The second-order valence-electron chi connectivity index (χ2n) is 8.52. The number of halogens is 1. The predicted octanol–water partition coefficient (Wildman–Crippen LogP) is 4.99. The number of hydrogen-bond donors (Lipinski definition) is 2. The summed E-state index contributed by atoms with van der Waals surface area (Å²) >= 11 is 6.29. The van der Waals surface area contributed by atoms with Crippen molar-refractivity contribution in [1.82, 2.24) is 0 Å². The molecular formula is C28H26ClN3O7S2. The molecule has 0 spiro atoms. The number of nitrogens with zero attached hydrogens (tertiary/aromatic N) is 1. The van der Waals surface area contributed by atoms with Crippen LogP contribution in [0.15, 0.2) is 107 Å². The molecular weight excluding hydrogens is 590 g/mol. The van der Waals surface area contributed by atoms with Crippen LogP contribution < -0.4 is 23.8 Å². The highest BCUT2D eigenvalue weighted by molar-refractivity contribution is 7.93. The number of carbonyl (C=O) groups excluding carboxylic acids is 1. The van der Waals surface area contributed by atoms with Crippen LogP contribution in [0, 0.1) is 0 Å². The Balaban J connectivity index is 1.53. The van der Waals surface area contributed by atoms with Crippen molar-refractivity contribution in [2.75, 3.05) is 35.1 Å². The first-order chi connectivity index (χ1) is 19.5. The molecule has 4 rings (SSSR count). The lowest BCUT2D eigenvalue weighted by Gasteiger charge is -2.25. The lowest BCUT2D eigenvalue weighted by molar-refractivity contribution is -0.114. The minimum atomic E-state index is -4.15.